The lowest BCUT2D eigenvalue weighted by atomic mass is 10.0. The zero-order valence-electron chi connectivity index (χ0n) is 13.4. The van der Waals surface area contributed by atoms with Gasteiger partial charge in [0.25, 0.3) is 0 Å². The molecule has 0 N–H and O–H groups in total. The maximum absolute atomic E-state index is 12.2. The Hall–Kier alpha value is -2.10. The first kappa shape index (κ1) is 16.3. The minimum Gasteiger partial charge on any atom is -0.426 e. The smallest absolute Gasteiger partial charge is 0.339 e. The second-order valence-electron chi connectivity index (χ2n) is 5.44. The first-order valence-electron chi connectivity index (χ1n) is 7.83. The normalized spacial score (nSPS) is 10.9. The van der Waals surface area contributed by atoms with Crippen LogP contribution in [0.2, 0.25) is 0 Å². The van der Waals surface area contributed by atoms with E-state index in [4.69, 9.17) is 9.15 Å². The van der Waals surface area contributed by atoms with E-state index in [1.54, 1.807) is 19.1 Å². The van der Waals surface area contributed by atoms with Crippen LogP contribution in [-0.4, -0.2) is 5.97 Å². The molecular formula is C18H22O4. The van der Waals surface area contributed by atoms with Crippen LogP contribution in [0.3, 0.4) is 0 Å². The summed E-state index contributed by atoms with van der Waals surface area (Å²) in [6.07, 6.45) is 4.24. The first-order valence-corrected chi connectivity index (χ1v) is 7.83. The lowest BCUT2D eigenvalue weighted by Crippen LogP contribution is -2.10. The van der Waals surface area contributed by atoms with Crippen LogP contribution in [0.1, 0.15) is 50.7 Å². The van der Waals surface area contributed by atoms with Gasteiger partial charge in [-0.15, -0.1) is 0 Å². The largest absolute Gasteiger partial charge is 0.426 e. The monoisotopic (exact) mass is 302 g/mol. The Morgan fingerprint density at radius 2 is 2.00 bits per heavy atom. The van der Waals surface area contributed by atoms with Crippen LogP contribution >= 0.6 is 0 Å². The lowest BCUT2D eigenvalue weighted by molar-refractivity contribution is -0.134. The molecule has 1 aromatic carbocycles. The van der Waals surface area contributed by atoms with Gasteiger partial charge in [-0.3, -0.25) is 4.79 Å². The van der Waals surface area contributed by atoms with Crippen LogP contribution in [-0.2, 0) is 11.2 Å². The fourth-order valence-electron chi connectivity index (χ4n) is 2.48. The number of carbonyl (C=O) groups excluding carboxylic acids is 1. The predicted molar refractivity (Wildman–Crippen MR) is 86.4 cm³/mol. The van der Waals surface area contributed by atoms with Gasteiger partial charge in [0, 0.05) is 23.4 Å². The molecule has 1 aromatic heterocycles. The predicted octanol–water partition coefficient (Wildman–Crippen LogP) is 4.15. The van der Waals surface area contributed by atoms with E-state index in [1.165, 1.54) is 0 Å². The van der Waals surface area contributed by atoms with E-state index in [-0.39, 0.29) is 11.6 Å². The molecule has 0 bridgehead atoms. The number of hydrogen-bond donors (Lipinski definition) is 0. The van der Waals surface area contributed by atoms with Crippen molar-refractivity contribution in [3.8, 4) is 5.75 Å². The standard InChI is InChI=1S/C18H22O4/c1-4-6-7-8-15-12(3)14-10-9-13(21-17(19)5-2)11-16(14)22-18(15)20/h9-11H,4-8H2,1-3H3. The van der Waals surface area contributed by atoms with E-state index in [0.717, 1.165) is 42.2 Å². The number of fused-ring (bicyclic) bond motifs is 1. The first-order chi connectivity index (χ1) is 10.6. The van der Waals surface area contributed by atoms with Gasteiger partial charge in [0.2, 0.25) is 0 Å². The second kappa shape index (κ2) is 7.25. The molecule has 0 atom stereocenters. The molecule has 0 radical (unpaired) electrons. The summed E-state index contributed by atoms with van der Waals surface area (Å²) in [5, 5.41) is 0.891. The maximum Gasteiger partial charge on any atom is 0.339 e. The molecule has 0 amide bonds. The summed E-state index contributed by atoms with van der Waals surface area (Å²) in [6.45, 7) is 5.81. The van der Waals surface area contributed by atoms with Gasteiger partial charge in [0.1, 0.15) is 11.3 Å². The summed E-state index contributed by atoms with van der Waals surface area (Å²) in [4.78, 5) is 23.5. The summed E-state index contributed by atoms with van der Waals surface area (Å²) in [5.74, 6) is 0.0928. The Labute approximate surface area is 130 Å². The minimum absolute atomic E-state index is 0.292. The Bertz CT molecular complexity index is 728. The van der Waals surface area contributed by atoms with E-state index in [2.05, 4.69) is 6.92 Å². The zero-order valence-corrected chi connectivity index (χ0v) is 13.4. The minimum atomic E-state index is -0.311. The molecule has 0 unspecified atom stereocenters. The molecule has 0 saturated carbocycles. The van der Waals surface area contributed by atoms with Gasteiger partial charge >= 0.3 is 11.6 Å². The average Bonchev–Trinajstić information content (AvgIpc) is 2.50. The molecule has 0 aliphatic rings. The van der Waals surface area contributed by atoms with Gasteiger partial charge in [0.15, 0.2) is 0 Å². The van der Waals surface area contributed by atoms with Gasteiger partial charge in [0.05, 0.1) is 0 Å². The molecule has 1 heterocycles. The van der Waals surface area contributed by atoms with Crippen LogP contribution in [0.4, 0.5) is 0 Å². The van der Waals surface area contributed by atoms with Crippen LogP contribution in [0.15, 0.2) is 27.4 Å². The van der Waals surface area contributed by atoms with Gasteiger partial charge in [-0.05, 0) is 37.5 Å². The van der Waals surface area contributed by atoms with Crippen molar-refractivity contribution in [1.29, 1.82) is 0 Å². The topological polar surface area (TPSA) is 56.5 Å². The lowest BCUT2D eigenvalue weighted by Gasteiger charge is -2.09. The van der Waals surface area contributed by atoms with Crippen molar-refractivity contribution in [1.82, 2.24) is 0 Å². The second-order valence-corrected chi connectivity index (χ2v) is 5.44. The average molecular weight is 302 g/mol. The number of carbonyl (C=O) groups is 1. The van der Waals surface area contributed by atoms with E-state index < -0.39 is 0 Å². The van der Waals surface area contributed by atoms with E-state index in [0.29, 0.717) is 17.8 Å². The number of rotatable bonds is 6. The maximum atomic E-state index is 12.2. The zero-order chi connectivity index (χ0) is 16.1. The number of benzene rings is 1. The number of ether oxygens (including phenoxy) is 1. The number of aryl methyl sites for hydroxylation is 1. The molecule has 4 nitrogen and oxygen atoms in total. The quantitative estimate of drug-likeness (QED) is 0.348. The van der Waals surface area contributed by atoms with Crippen molar-refractivity contribution in [2.45, 2.75) is 52.9 Å². The number of unbranched alkanes of at least 4 members (excludes halogenated alkanes) is 2. The summed E-state index contributed by atoms with van der Waals surface area (Å²) in [5.41, 5.74) is 1.87. The number of hydrogen-bond acceptors (Lipinski definition) is 4. The van der Waals surface area contributed by atoms with E-state index >= 15 is 0 Å². The Morgan fingerprint density at radius 1 is 1.23 bits per heavy atom. The van der Waals surface area contributed by atoms with E-state index in [9.17, 15) is 9.59 Å². The third-order valence-electron chi connectivity index (χ3n) is 3.81. The molecule has 0 spiro atoms. The van der Waals surface area contributed by atoms with Crippen LogP contribution in [0.25, 0.3) is 11.0 Å². The summed E-state index contributed by atoms with van der Waals surface area (Å²) >= 11 is 0. The third-order valence-corrected chi connectivity index (χ3v) is 3.81. The Morgan fingerprint density at radius 3 is 2.68 bits per heavy atom. The SMILES string of the molecule is CCCCCc1c(C)c2ccc(OC(=O)CC)cc2oc1=O. The highest BCUT2D eigenvalue weighted by Gasteiger charge is 2.12. The summed E-state index contributed by atoms with van der Waals surface area (Å²) in [6, 6.07) is 5.18. The number of esters is 1. The van der Waals surface area contributed by atoms with Crippen molar-refractivity contribution in [3.63, 3.8) is 0 Å². The van der Waals surface area contributed by atoms with Crippen molar-refractivity contribution in [2.24, 2.45) is 0 Å². The molecule has 0 aliphatic carbocycles. The highest BCUT2D eigenvalue weighted by molar-refractivity contribution is 5.83. The van der Waals surface area contributed by atoms with Crippen molar-refractivity contribution in [2.75, 3.05) is 0 Å². The summed E-state index contributed by atoms with van der Waals surface area (Å²) < 4.78 is 10.6. The van der Waals surface area contributed by atoms with Gasteiger partial charge < -0.3 is 9.15 Å². The summed E-state index contributed by atoms with van der Waals surface area (Å²) in [7, 11) is 0. The molecule has 22 heavy (non-hydrogen) atoms. The fraction of sp³-hybridized carbons (Fsp3) is 0.444. The van der Waals surface area contributed by atoms with Crippen molar-refractivity contribution in [3.05, 3.63) is 39.7 Å². The fourth-order valence-corrected chi connectivity index (χ4v) is 2.48. The molecule has 0 aliphatic heterocycles. The van der Waals surface area contributed by atoms with Crippen molar-refractivity contribution >= 4 is 16.9 Å². The van der Waals surface area contributed by atoms with Gasteiger partial charge in [-0.25, -0.2) is 4.79 Å². The molecule has 2 aromatic rings. The van der Waals surface area contributed by atoms with Crippen LogP contribution < -0.4 is 10.4 Å². The molecule has 0 fully saturated rings. The molecule has 4 heteroatoms. The molecule has 2 rings (SSSR count). The van der Waals surface area contributed by atoms with Crippen LogP contribution in [0, 0.1) is 6.92 Å². The highest BCUT2D eigenvalue weighted by atomic mass is 16.5. The molecular weight excluding hydrogens is 280 g/mol. The molecule has 0 saturated heterocycles. The van der Waals surface area contributed by atoms with Crippen LogP contribution in [0.5, 0.6) is 5.75 Å². The van der Waals surface area contributed by atoms with E-state index in [1.807, 2.05) is 13.0 Å². The van der Waals surface area contributed by atoms with Crippen molar-refractivity contribution < 1.29 is 13.9 Å². The van der Waals surface area contributed by atoms with Gasteiger partial charge in [-0.2, -0.15) is 0 Å². The Kier molecular flexibility index (Phi) is 5.36. The molecule has 118 valence electrons. The highest BCUT2D eigenvalue weighted by Crippen LogP contribution is 2.25. The third kappa shape index (κ3) is 3.56. The van der Waals surface area contributed by atoms with Gasteiger partial charge in [-0.1, -0.05) is 26.7 Å². The Balaban J connectivity index is 2.38.